The predicted octanol–water partition coefficient (Wildman–Crippen LogP) is 3.45. The molecule has 0 radical (unpaired) electrons. The number of nitrogens with zero attached hydrogens (tertiary/aromatic N) is 2. The first-order chi connectivity index (χ1) is 9.70. The smallest absolute Gasteiger partial charge is 0.111 e. The molecule has 20 heavy (non-hydrogen) atoms. The number of hydrogen-bond acceptors (Lipinski definition) is 3. The van der Waals surface area contributed by atoms with E-state index < -0.39 is 0 Å². The van der Waals surface area contributed by atoms with Gasteiger partial charge in [-0.2, -0.15) is 0 Å². The summed E-state index contributed by atoms with van der Waals surface area (Å²) in [6.07, 6.45) is 0.906. The predicted molar refractivity (Wildman–Crippen MR) is 85.3 cm³/mol. The molecule has 2 aromatic heterocycles. The molecule has 1 atom stereocenters. The fourth-order valence-electron chi connectivity index (χ4n) is 2.63. The van der Waals surface area contributed by atoms with Crippen LogP contribution >= 0.6 is 11.3 Å². The molecule has 3 aromatic rings. The Morgan fingerprint density at radius 3 is 2.75 bits per heavy atom. The molecule has 1 unspecified atom stereocenters. The molecule has 3 rings (SSSR count). The van der Waals surface area contributed by atoms with Crippen molar-refractivity contribution in [3.8, 4) is 0 Å². The number of likely N-dealkylation sites (N-methyl/N-ethyl adjacent to an activating group) is 1. The van der Waals surface area contributed by atoms with Crippen molar-refractivity contribution in [1.82, 2.24) is 14.9 Å². The van der Waals surface area contributed by atoms with Gasteiger partial charge >= 0.3 is 0 Å². The van der Waals surface area contributed by atoms with E-state index in [4.69, 9.17) is 4.98 Å². The van der Waals surface area contributed by atoms with E-state index in [1.807, 2.05) is 24.5 Å². The Bertz CT molecular complexity index is 726. The Morgan fingerprint density at radius 2 is 2.10 bits per heavy atom. The van der Waals surface area contributed by atoms with Gasteiger partial charge in [0.1, 0.15) is 5.82 Å². The van der Waals surface area contributed by atoms with Crippen molar-refractivity contribution in [2.24, 2.45) is 7.05 Å². The molecular formula is C16H19N3S. The Labute approximate surface area is 123 Å². The number of hydrogen-bond donors (Lipinski definition) is 1. The summed E-state index contributed by atoms with van der Waals surface area (Å²) in [4.78, 5) is 6.17. The lowest BCUT2D eigenvalue weighted by Crippen LogP contribution is -2.20. The molecule has 1 aromatic carbocycles. The van der Waals surface area contributed by atoms with E-state index in [0.717, 1.165) is 17.8 Å². The van der Waals surface area contributed by atoms with Crippen LogP contribution < -0.4 is 5.32 Å². The highest BCUT2D eigenvalue weighted by Gasteiger charge is 2.17. The van der Waals surface area contributed by atoms with Crippen molar-refractivity contribution >= 4 is 22.4 Å². The van der Waals surface area contributed by atoms with Gasteiger partial charge in [-0.25, -0.2) is 4.98 Å². The lowest BCUT2D eigenvalue weighted by Gasteiger charge is -2.15. The van der Waals surface area contributed by atoms with Crippen LogP contribution in [0.15, 0.2) is 35.7 Å². The fraction of sp³-hybridized carbons (Fsp3) is 0.312. The highest BCUT2D eigenvalue weighted by atomic mass is 32.1. The molecule has 0 saturated carbocycles. The van der Waals surface area contributed by atoms with Crippen LogP contribution in [0.4, 0.5) is 0 Å². The Hall–Kier alpha value is -1.65. The molecule has 0 aliphatic rings. The van der Waals surface area contributed by atoms with Gasteiger partial charge < -0.3 is 9.88 Å². The van der Waals surface area contributed by atoms with Crippen molar-refractivity contribution in [2.45, 2.75) is 19.4 Å². The van der Waals surface area contributed by atoms with Crippen LogP contribution in [0.1, 0.15) is 22.3 Å². The van der Waals surface area contributed by atoms with E-state index in [1.54, 1.807) is 0 Å². The Balaban J connectivity index is 1.95. The standard InChI is InChI=1S/C16H19N3S/c1-11-8-9-20-16(11)13(17-2)10-15-18-12-6-4-5-7-14(12)19(15)3/h4-9,13,17H,10H2,1-3H3. The quantitative estimate of drug-likeness (QED) is 0.795. The topological polar surface area (TPSA) is 29.9 Å². The molecule has 0 fully saturated rings. The maximum atomic E-state index is 4.77. The highest BCUT2D eigenvalue weighted by Crippen LogP contribution is 2.27. The zero-order valence-electron chi connectivity index (χ0n) is 12.1. The third kappa shape index (κ3) is 2.25. The van der Waals surface area contributed by atoms with Crippen molar-refractivity contribution < 1.29 is 0 Å². The molecule has 3 nitrogen and oxygen atoms in total. The van der Waals surface area contributed by atoms with Crippen LogP contribution in [0.3, 0.4) is 0 Å². The lowest BCUT2D eigenvalue weighted by atomic mass is 10.1. The van der Waals surface area contributed by atoms with Gasteiger partial charge in [0, 0.05) is 24.4 Å². The minimum absolute atomic E-state index is 0.325. The summed E-state index contributed by atoms with van der Waals surface area (Å²) in [5.41, 5.74) is 3.62. The van der Waals surface area contributed by atoms with E-state index in [1.165, 1.54) is 16.0 Å². The second-order valence-corrected chi connectivity index (χ2v) is 6.04. The second kappa shape index (κ2) is 5.38. The highest BCUT2D eigenvalue weighted by molar-refractivity contribution is 7.10. The van der Waals surface area contributed by atoms with Gasteiger partial charge in [-0.1, -0.05) is 12.1 Å². The summed E-state index contributed by atoms with van der Waals surface area (Å²) >= 11 is 1.81. The maximum absolute atomic E-state index is 4.77. The third-order valence-electron chi connectivity index (χ3n) is 3.83. The summed E-state index contributed by atoms with van der Waals surface area (Å²) in [6, 6.07) is 10.8. The number of imidazole rings is 1. The molecule has 0 bridgehead atoms. The zero-order chi connectivity index (χ0) is 14.1. The number of benzene rings is 1. The van der Waals surface area contributed by atoms with E-state index in [9.17, 15) is 0 Å². The summed E-state index contributed by atoms with van der Waals surface area (Å²) in [5.74, 6) is 1.12. The summed E-state index contributed by atoms with van der Waals surface area (Å²) in [6.45, 7) is 2.17. The van der Waals surface area contributed by atoms with Crippen molar-refractivity contribution in [3.05, 3.63) is 52.0 Å². The number of nitrogens with one attached hydrogen (secondary N) is 1. The van der Waals surface area contributed by atoms with Gasteiger partial charge in [-0.15, -0.1) is 11.3 Å². The number of para-hydroxylation sites is 2. The van der Waals surface area contributed by atoms with Crippen LogP contribution in [0, 0.1) is 6.92 Å². The van der Waals surface area contributed by atoms with E-state index in [-0.39, 0.29) is 0 Å². The largest absolute Gasteiger partial charge is 0.331 e. The van der Waals surface area contributed by atoms with Gasteiger partial charge in [0.15, 0.2) is 0 Å². The monoisotopic (exact) mass is 285 g/mol. The summed E-state index contributed by atoms with van der Waals surface area (Å²) in [5, 5.41) is 5.58. The van der Waals surface area contributed by atoms with Crippen LogP contribution in [-0.4, -0.2) is 16.6 Å². The van der Waals surface area contributed by atoms with Crippen molar-refractivity contribution in [3.63, 3.8) is 0 Å². The molecule has 4 heteroatoms. The van der Waals surface area contributed by atoms with Gasteiger partial charge in [0.05, 0.1) is 11.0 Å². The molecule has 1 N–H and O–H groups in total. The molecule has 0 saturated heterocycles. The summed E-state index contributed by atoms with van der Waals surface area (Å²) in [7, 11) is 4.12. The van der Waals surface area contributed by atoms with Gasteiger partial charge in [-0.05, 0) is 43.1 Å². The average Bonchev–Trinajstić information content (AvgIpc) is 3.01. The number of thiophene rings is 1. The first kappa shape index (κ1) is 13.3. The molecule has 2 heterocycles. The molecular weight excluding hydrogens is 266 g/mol. The first-order valence-electron chi connectivity index (χ1n) is 6.82. The SMILES string of the molecule is CNC(Cc1nc2ccccc2n1C)c1sccc1C. The number of fused-ring (bicyclic) bond motifs is 1. The second-order valence-electron chi connectivity index (χ2n) is 5.09. The minimum atomic E-state index is 0.325. The van der Waals surface area contributed by atoms with Gasteiger partial charge in [-0.3, -0.25) is 0 Å². The lowest BCUT2D eigenvalue weighted by molar-refractivity contribution is 0.572. The Morgan fingerprint density at radius 1 is 1.30 bits per heavy atom. The normalized spacial score (nSPS) is 12.9. The van der Waals surface area contributed by atoms with E-state index in [2.05, 4.69) is 53.5 Å². The average molecular weight is 285 g/mol. The molecule has 104 valence electrons. The number of aryl methyl sites for hydroxylation is 2. The number of rotatable bonds is 4. The van der Waals surface area contributed by atoms with Crippen LogP contribution in [-0.2, 0) is 13.5 Å². The molecule has 0 aliphatic carbocycles. The summed E-state index contributed by atoms with van der Waals surface area (Å²) < 4.78 is 2.20. The fourth-order valence-corrected chi connectivity index (χ4v) is 3.67. The number of aromatic nitrogens is 2. The van der Waals surface area contributed by atoms with Crippen molar-refractivity contribution in [2.75, 3.05) is 7.05 Å². The molecule has 0 amide bonds. The van der Waals surface area contributed by atoms with Crippen molar-refractivity contribution in [1.29, 1.82) is 0 Å². The van der Waals surface area contributed by atoms with Crippen LogP contribution in [0.2, 0.25) is 0 Å². The zero-order valence-corrected chi connectivity index (χ0v) is 12.9. The van der Waals surface area contributed by atoms with E-state index >= 15 is 0 Å². The minimum Gasteiger partial charge on any atom is -0.331 e. The molecule has 0 aliphatic heterocycles. The van der Waals surface area contributed by atoms with Gasteiger partial charge in [0.2, 0.25) is 0 Å². The first-order valence-corrected chi connectivity index (χ1v) is 7.70. The third-order valence-corrected chi connectivity index (χ3v) is 4.97. The van der Waals surface area contributed by atoms with Gasteiger partial charge in [0.25, 0.3) is 0 Å². The van der Waals surface area contributed by atoms with E-state index in [0.29, 0.717) is 6.04 Å². The molecule has 0 spiro atoms. The maximum Gasteiger partial charge on any atom is 0.111 e. The van der Waals surface area contributed by atoms with Crippen LogP contribution in [0.5, 0.6) is 0 Å². The van der Waals surface area contributed by atoms with Crippen LogP contribution in [0.25, 0.3) is 11.0 Å². The Kier molecular flexibility index (Phi) is 3.59.